The van der Waals surface area contributed by atoms with E-state index in [-0.39, 0.29) is 12.1 Å². The molecule has 0 aromatic rings. The van der Waals surface area contributed by atoms with Gasteiger partial charge in [-0.25, -0.2) is 4.79 Å². The van der Waals surface area contributed by atoms with Crippen LogP contribution in [0.4, 0.5) is 4.79 Å². The monoisotopic (exact) mass is 420 g/mol. The summed E-state index contributed by atoms with van der Waals surface area (Å²) in [6.07, 6.45) is 1.50. The van der Waals surface area contributed by atoms with Gasteiger partial charge in [0.25, 0.3) is 0 Å². The van der Waals surface area contributed by atoms with E-state index in [0.29, 0.717) is 78.5 Å². The van der Waals surface area contributed by atoms with Crippen LogP contribution in [-0.2, 0) is 28.4 Å². The van der Waals surface area contributed by atoms with Gasteiger partial charge in [0.1, 0.15) is 5.60 Å². The van der Waals surface area contributed by atoms with Gasteiger partial charge in [0.05, 0.1) is 59.5 Å². The molecular formula is C20H40N2O7. The molecule has 0 aromatic carbocycles. The van der Waals surface area contributed by atoms with Crippen LogP contribution in [0.3, 0.4) is 0 Å². The smallest absolute Gasteiger partial charge is 0.407 e. The lowest BCUT2D eigenvalue weighted by Gasteiger charge is -2.35. The van der Waals surface area contributed by atoms with E-state index < -0.39 is 5.60 Å². The van der Waals surface area contributed by atoms with Crippen molar-refractivity contribution in [2.75, 3.05) is 72.6 Å². The Balaban J connectivity index is 1.77. The van der Waals surface area contributed by atoms with E-state index in [9.17, 15) is 4.79 Å². The van der Waals surface area contributed by atoms with E-state index in [0.717, 1.165) is 12.8 Å². The van der Waals surface area contributed by atoms with Crippen LogP contribution >= 0.6 is 0 Å². The maximum absolute atomic E-state index is 11.7. The number of alkyl carbamates (subject to hydrolysis) is 1. The fraction of sp³-hybridized carbons (Fsp3) is 0.950. The molecule has 0 spiro atoms. The van der Waals surface area contributed by atoms with E-state index in [4.69, 9.17) is 34.2 Å². The number of carbonyl (C=O) groups excluding carboxylic acids is 1. The lowest BCUT2D eigenvalue weighted by molar-refractivity contribution is -0.0182. The highest BCUT2D eigenvalue weighted by molar-refractivity contribution is 5.68. The normalized spacial score (nSPS) is 19.0. The molecule has 172 valence electrons. The zero-order valence-electron chi connectivity index (χ0n) is 18.3. The van der Waals surface area contributed by atoms with Gasteiger partial charge in [0, 0.05) is 19.2 Å². The number of nitrogens with one attached hydrogen (secondary N) is 1. The van der Waals surface area contributed by atoms with E-state index in [1.807, 2.05) is 20.8 Å². The summed E-state index contributed by atoms with van der Waals surface area (Å²) < 4.78 is 32.3. The number of hydrogen-bond acceptors (Lipinski definition) is 8. The summed E-state index contributed by atoms with van der Waals surface area (Å²) in [5, 5.41) is 2.88. The Hall–Kier alpha value is -0.970. The number of hydrogen-bond donors (Lipinski definition) is 2. The van der Waals surface area contributed by atoms with Gasteiger partial charge in [-0.2, -0.15) is 0 Å². The van der Waals surface area contributed by atoms with Crippen molar-refractivity contribution in [3.05, 3.63) is 0 Å². The third kappa shape index (κ3) is 15.5. The van der Waals surface area contributed by atoms with Crippen molar-refractivity contribution in [3.8, 4) is 0 Å². The molecule has 0 bridgehead atoms. The summed E-state index contributed by atoms with van der Waals surface area (Å²) in [4.78, 5) is 11.7. The second-order valence-corrected chi connectivity index (χ2v) is 7.99. The van der Waals surface area contributed by atoms with E-state index >= 15 is 0 Å². The lowest BCUT2D eigenvalue weighted by atomic mass is 9.81. The maximum atomic E-state index is 11.7. The van der Waals surface area contributed by atoms with Crippen LogP contribution in [0.15, 0.2) is 0 Å². The molecule has 0 atom stereocenters. The molecule has 29 heavy (non-hydrogen) atoms. The summed E-state index contributed by atoms with van der Waals surface area (Å²) in [6.45, 7) is 11.7. The van der Waals surface area contributed by atoms with Crippen molar-refractivity contribution in [2.45, 2.75) is 45.3 Å². The van der Waals surface area contributed by atoms with Crippen molar-refractivity contribution in [3.63, 3.8) is 0 Å². The molecule has 1 rings (SSSR count). The first-order chi connectivity index (χ1) is 13.9. The minimum Gasteiger partial charge on any atom is -0.444 e. The number of amides is 1. The highest BCUT2D eigenvalue weighted by atomic mass is 16.6. The summed E-state index contributed by atoms with van der Waals surface area (Å²) in [5.74, 6) is 0.485. The maximum Gasteiger partial charge on any atom is 0.407 e. The topological polar surface area (TPSA) is 111 Å². The molecule has 1 fully saturated rings. The van der Waals surface area contributed by atoms with Gasteiger partial charge in [-0.15, -0.1) is 0 Å². The van der Waals surface area contributed by atoms with E-state index in [2.05, 4.69) is 5.32 Å². The molecule has 9 nitrogen and oxygen atoms in total. The Morgan fingerprint density at radius 2 is 1.28 bits per heavy atom. The zero-order valence-corrected chi connectivity index (χ0v) is 18.3. The Morgan fingerprint density at radius 3 is 1.72 bits per heavy atom. The van der Waals surface area contributed by atoms with Gasteiger partial charge in [0.15, 0.2) is 0 Å². The second kappa shape index (κ2) is 15.8. The molecule has 0 heterocycles. The third-order valence-corrected chi connectivity index (χ3v) is 4.06. The van der Waals surface area contributed by atoms with Gasteiger partial charge in [-0.05, 0) is 39.5 Å². The van der Waals surface area contributed by atoms with Gasteiger partial charge in [0.2, 0.25) is 0 Å². The highest BCUT2D eigenvalue weighted by Gasteiger charge is 2.31. The largest absolute Gasteiger partial charge is 0.444 e. The van der Waals surface area contributed by atoms with E-state index in [1.165, 1.54) is 0 Å². The standard InChI is InChI=1S/C20H40N2O7/c1-20(2,3)29-19(23)22-18-14-17(15-18)16-28-13-12-27-11-10-26-9-8-25-7-6-24-5-4-21/h17-18H,4-16,21H2,1-3H3,(H,22,23). The fourth-order valence-corrected chi connectivity index (χ4v) is 2.68. The quantitative estimate of drug-likeness (QED) is 0.339. The number of ether oxygens (including phenoxy) is 6. The van der Waals surface area contributed by atoms with Crippen LogP contribution < -0.4 is 11.1 Å². The molecule has 0 aromatic heterocycles. The zero-order chi connectivity index (χ0) is 21.4. The molecule has 9 heteroatoms. The molecule has 1 aliphatic carbocycles. The summed E-state index contributed by atoms with van der Waals surface area (Å²) in [7, 11) is 0. The molecule has 0 radical (unpaired) electrons. The summed E-state index contributed by atoms with van der Waals surface area (Å²) in [5.41, 5.74) is 4.85. The van der Waals surface area contributed by atoms with Crippen LogP contribution in [0, 0.1) is 5.92 Å². The van der Waals surface area contributed by atoms with Crippen molar-refractivity contribution >= 4 is 6.09 Å². The first kappa shape index (κ1) is 26.1. The molecule has 0 aliphatic heterocycles. The SMILES string of the molecule is CC(C)(C)OC(=O)NC1CC(COCCOCCOCCOCCOCCN)C1. The second-order valence-electron chi connectivity index (χ2n) is 7.99. The lowest BCUT2D eigenvalue weighted by Crippen LogP contribution is -2.47. The first-order valence-corrected chi connectivity index (χ1v) is 10.5. The number of rotatable bonds is 17. The molecule has 0 saturated heterocycles. The Morgan fingerprint density at radius 1 is 0.828 bits per heavy atom. The first-order valence-electron chi connectivity index (χ1n) is 10.5. The van der Waals surface area contributed by atoms with E-state index in [1.54, 1.807) is 0 Å². The van der Waals surface area contributed by atoms with Crippen molar-refractivity contribution in [1.82, 2.24) is 5.32 Å². The average molecular weight is 421 g/mol. The minimum atomic E-state index is -0.463. The summed E-state index contributed by atoms with van der Waals surface area (Å²) >= 11 is 0. The van der Waals surface area contributed by atoms with Gasteiger partial charge in [-0.3, -0.25) is 0 Å². The van der Waals surface area contributed by atoms with Gasteiger partial charge in [-0.1, -0.05) is 0 Å². The third-order valence-electron chi connectivity index (χ3n) is 4.06. The Labute approximate surface area is 174 Å². The average Bonchev–Trinajstić information content (AvgIpc) is 2.60. The summed E-state index contributed by atoms with van der Waals surface area (Å²) in [6, 6.07) is 0.189. The molecule has 1 saturated carbocycles. The van der Waals surface area contributed by atoms with Crippen LogP contribution in [0.5, 0.6) is 0 Å². The Bertz CT molecular complexity index is 412. The van der Waals surface area contributed by atoms with Crippen LogP contribution in [0.1, 0.15) is 33.6 Å². The molecular weight excluding hydrogens is 380 g/mol. The number of carbonyl (C=O) groups is 1. The van der Waals surface area contributed by atoms with Crippen LogP contribution in [0.25, 0.3) is 0 Å². The van der Waals surface area contributed by atoms with Crippen LogP contribution in [-0.4, -0.2) is 90.3 Å². The molecule has 0 unspecified atom stereocenters. The highest BCUT2D eigenvalue weighted by Crippen LogP contribution is 2.27. The van der Waals surface area contributed by atoms with Gasteiger partial charge >= 0.3 is 6.09 Å². The Kier molecular flexibility index (Phi) is 14.2. The predicted molar refractivity (Wildman–Crippen MR) is 109 cm³/mol. The molecule has 1 amide bonds. The molecule has 3 N–H and O–H groups in total. The van der Waals surface area contributed by atoms with Crippen LogP contribution in [0.2, 0.25) is 0 Å². The van der Waals surface area contributed by atoms with Crippen molar-refractivity contribution < 1.29 is 33.2 Å². The minimum absolute atomic E-state index is 0.189. The number of nitrogens with two attached hydrogens (primary N) is 1. The van der Waals surface area contributed by atoms with Gasteiger partial charge < -0.3 is 39.5 Å². The van der Waals surface area contributed by atoms with Crippen molar-refractivity contribution in [1.29, 1.82) is 0 Å². The fourth-order valence-electron chi connectivity index (χ4n) is 2.68. The van der Waals surface area contributed by atoms with Crippen molar-refractivity contribution in [2.24, 2.45) is 11.7 Å². The molecule has 1 aliphatic rings. The predicted octanol–water partition coefficient (Wildman–Crippen LogP) is 1.33.